The van der Waals surface area contributed by atoms with Crippen LogP contribution < -0.4 is 14.8 Å². The summed E-state index contributed by atoms with van der Waals surface area (Å²) in [6.07, 6.45) is -7.02. The number of carbonyl (C=O) groups is 4. The largest absolute Gasteiger partial charge is 0.497 e. The van der Waals surface area contributed by atoms with Crippen LogP contribution in [0.4, 0.5) is 22.0 Å². The molecule has 4 atom stereocenters. The zero-order valence-corrected chi connectivity index (χ0v) is 32.9. The number of nitrogens with zero attached hydrogens (tertiary/aromatic N) is 1. The van der Waals surface area contributed by atoms with Gasteiger partial charge in [-0.25, -0.2) is 0 Å². The summed E-state index contributed by atoms with van der Waals surface area (Å²) in [5.41, 5.74) is 1.54. The van der Waals surface area contributed by atoms with Crippen LogP contribution in [0, 0.1) is 11.8 Å². The number of hydrogen-bond donors (Lipinski definition) is 1. The number of Topliss-reactive ketones (excluding diaryl/α,β-unsaturated/α-hetero) is 2. The first-order valence-corrected chi connectivity index (χ1v) is 19.2. The number of likely N-dealkylation sites (tertiary alicyclic amines) is 1. The van der Waals surface area contributed by atoms with Crippen molar-refractivity contribution in [1.82, 2.24) is 10.2 Å². The highest BCUT2D eigenvalue weighted by Gasteiger charge is 2.52. The van der Waals surface area contributed by atoms with Crippen molar-refractivity contribution in [3.8, 4) is 11.5 Å². The maximum Gasteiger partial charge on any atom is 0.405 e. The van der Waals surface area contributed by atoms with Gasteiger partial charge in [-0.1, -0.05) is 72.9 Å². The van der Waals surface area contributed by atoms with Crippen LogP contribution in [0.2, 0.25) is 15.1 Å². The van der Waals surface area contributed by atoms with E-state index in [1.807, 2.05) is 12.1 Å². The van der Waals surface area contributed by atoms with E-state index in [9.17, 15) is 32.3 Å². The summed E-state index contributed by atoms with van der Waals surface area (Å²) in [7, 11) is 1.54. The number of rotatable bonds is 17. The van der Waals surface area contributed by atoms with E-state index in [4.69, 9.17) is 44.3 Å². The molecule has 3 aromatic carbocycles. The van der Waals surface area contributed by atoms with E-state index in [0.717, 1.165) is 10.9 Å². The number of amides is 2. The second kappa shape index (κ2) is 19.0. The average molecular weight is 852 g/mol. The molecule has 0 unspecified atom stereocenters. The second-order valence-electron chi connectivity index (χ2n) is 13.3. The van der Waals surface area contributed by atoms with Crippen LogP contribution in [0.15, 0.2) is 66.7 Å². The topological polar surface area (TPSA) is 102 Å². The molecule has 1 heterocycles. The van der Waals surface area contributed by atoms with Crippen molar-refractivity contribution in [2.75, 3.05) is 20.2 Å². The zero-order chi connectivity index (χ0) is 40.7. The van der Waals surface area contributed by atoms with Crippen LogP contribution in [0.25, 0.3) is 0 Å². The van der Waals surface area contributed by atoms with Crippen molar-refractivity contribution < 1.29 is 50.6 Å². The van der Waals surface area contributed by atoms with Gasteiger partial charge in [0.15, 0.2) is 11.9 Å². The molecule has 4 rings (SSSR count). The van der Waals surface area contributed by atoms with Crippen molar-refractivity contribution in [3.05, 3.63) is 92.9 Å². The molecule has 0 saturated carbocycles. The van der Waals surface area contributed by atoms with Crippen LogP contribution in [-0.2, 0) is 31.4 Å². The van der Waals surface area contributed by atoms with Crippen molar-refractivity contribution in [1.29, 1.82) is 0 Å². The van der Waals surface area contributed by atoms with Gasteiger partial charge in [0.2, 0.25) is 5.78 Å². The molecule has 1 aliphatic rings. The predicted molar refractivity (Wildman–Crippen MR) is 201 cm³/mol. The van der Waals surface area contributed by atoms with E-state index in [1.54, 1.807) is 36.4 Å². The Morgan fingerprint density at radius 1 is 0.891 bits per heavy atom. The molecule has 1 N–H and O–H groups in total. The number of ether oxygens (including phenoxy) is 2. The Morgan fingerprint density at radius 2 is 1.55 bits per heavy atom. The first kappa shape index (κ1) is 44.1. The fraction of sp³-hybridized carbons (Fsp3) is 0.421. The third kappa shape index (κ3) is 12.5. The van der Waals surface area contributed by atoms with Crippen LogP contribution in [0.1, 0.15) is 37.8 Å². The molecule has 1 aliphatic heterocycles. The first-order chi connectivity index (χ1) is 25.8. The standard InChI is InChI=1S/C38H38Cl3F5N2O6S/c1-21(2)30(34(50)38(45,46)36(52)47-20-37(42,43)44)17-32(49)31-16-29(55-19-22-7-9-27(53-3)10-8-22)18-48(31)35(51)33(12-23-5-4-6-24(39)11-23)54-28-14-25(40)13-26(41)15-28/h4-11,13-15,21,29-31,33H,12,16-20H2,1-3H3,(H,47,52)/t29-,30+,31+,33-/m1/s1. The Balaban J connectivity index is 1.65. The molecule has 3 aromatic rings. The minimum Gasteiger partial charge on any atom is -0.497 e. The third-order valence-electron chi connectivity index (χ3n) is 8.87. The summed E-state index contributed by atoms with van der Waals surface area (Å²) >= 11 is 20.1. The zero-order valence-electron chi connectivity index (χ0n) is 29.8. The maximum atomic E-state index is 15.0. The van der Waals surface area contributed by atoms with E-state index in [-0.39, 0.29) is 40.4 Å². The van der Waals surface area contributed by atoms with Gasteiger partial charge in [0, 0.05) is 51.4 Å². The predicted octanol–water partition coefficient (Wildman–Crippen LogP) is 8.66. The number of ketones is 2. The summed E-state index contributed by atoms with van der Waals surface area (Å²) in [5.74, 6) is -12.1. The normalized spacial score (nSPS) is 17.1. The van der Waals surface area contributed by atoms with E-state index in [1.165, 1.54) is 55.8 Å². The van der Waals surface area contributed by atoms with Crippen molar-refractivity contribution in [2.45, 2.75) is 68.4 Å². The summed E-state index contributed by atoms with van der Waals surface area (Å²) in [4.78, 5) is 55.2. The number of methoxy groups -OCH3 is 1. The van der Waals surface area contributed by atoms with Crippen LogP contribution in [-0.4, -0.2) is 78.0 Å². The number of carbonyl (C=O) groups excluding carboxylic acids is 4. The molecular formula is C38H38Cl3F5N2O6S. The summed E-state index contributed by atoms with van der Waals surface area (Å²) in [5, 5.41) is 1.57. The highest BCUT2D eigenvalue weighted by Crippen LogP contribution is 2.36. The Hall–Kier alpha value is -3.59. The molecule has 2 amide bonds. The van der Waals surface area contributed by atoms with E-state index >= 15 is 8.78 Å². The maximum absolute atomic E-state index is 15.0. The number of benzene rings is 3. The molecule has 1 saturated heterocycles. The Labute approximate surface area is 334 Å². The van der Waals surface area contributed by atoms with Gasteiger partial charge in [-0.3, -0.25) is 19.2 Å². The third-order valence-corrected chi connectivity index (χ3v) is 10.9. The molecule has 17 heteroatoms. The van der Waals surface area contributed by atoms with Crippen molar-refractivity contribution in [3.63, 3.8) is 0 Å². The highest BCUT2D eigenvalue weighted by molar-refractivity contribution is 7.99. The van der Waals surface area contributed by atoms with Crippen molar-refractivity contribution in [2.24, 2.45) is 11.8 Å². The smallest absolute Gasteiger partial charge is 0.405 e. The Kier molecular flexibility index (Phi) is 15.3. The summed E-state index contributed by atoms with van der Waals surface area (Å²) in [6, 6.07) is 17.2. The van der Waals surface area contributed by atoms with Gasteiger partial charge in [0.25, 0.3) is 11.8 Å². The number of hydrogen-bond acceptors (Lipinski definition) is 7. The SMILES string of the molecule is COc1ccc(CS[C@@H]2C[C@@H](C(=O)C[C@H](C(=O)C(F)(F)C(=O)NCC(F)(F)F)C(C)C)N(C(=O)[C@@H](Cc3cccc(Cl)c3)Oc3cc(Cl)cc(Cl)c3)C2)cc1. The lowest BCUT2D eigenvalue weighted by molar-refractivity contribution is -0.167. The molecule has 0 bridgehead atoms. The molecular weight excluding hydrogens is 814 g/mol. The van der Waals surface area contributed by atoms with Gasteiger partial charge < -0.3 is 19.7 Å². The van der Waals surface area contributed by atoms with E-state index in [2.05, 4.69) is 0 Å². The van der Waals surface area contributed by atoms with Gasteiger partial charge in [0.05, 0.1) is 13.2 Å². The average Bonchev–Trinajstić information content (AvgIpc) is 3.55. The first-order valence-electron chi connectivity index (χ1n) is 17.0. The fourth-order valence-corrected chi connectivity index (χ4v) is 7.95. The fourth-order valence-electron chi connectivity index (χ4n) is 6.03. The molecule has 0 aliphatic carbocycles. The Bertz CT molecular complexity index is 1830. The molecule has 0 aromatic heterocycles. The van der Waals surface area contributed by atoms with Gasteiger partial charge in [-0.15, -0.1) is 0 Å². The summed E-state index contributed by atoms with van der Waals surface area (Å²) in [6.45, 7) is 0.706. The van der Waals surface area contributed by atoms with E-state index < -0.39 is 72.4 Å². The lowest BCUT2D eigenvalue weighted by Crippen LogP contribution is -2.52. The number of thioether (sulfide) groups is 1. The van der Waals surface area contributed by atoms with Gasteiger partial charge in [-0.05, 0) is 65.9 Å². The Morgan fingerprint density at radius 3 is 2.13 bits per heavy atom. The van der Waals surface area contributed by atoms with Crippen molar-refractivity contribution >= 4 is 69.9 Å². The molecule has 8 nitrogen and oxygen atoms in total. The van der Waals surface area contributed by atoms with Gasteiger partial charge in [-0.2, -0.15) is 33.7 Å². The molecule has 298 valence electrons. The highest BCUT2D eigenvalue weighted by atomic mass is 35.5. The molecule has 1 fully saturated rings. The minimum atomic E-state index is -5.00. The van der Waals surface area contributed by atoms with Crippen LogP contribution in [0.3, 0.4) is 0 Å². The lowest BCUT2D eigenvalue weighted by atomic mass is 9.82. The van der Waals surface area contributed by atoms with Crippen LogP contribution >= 0.6 is 46.6 Å². The molecule has 55 heavy (non-hydrogen) atoms. The number of alkyl halides is 5. The lowest BCUT2D eigenvalue weighted by Gasteiger charge is -2.30. The quantitative estimate of drug-likeness (QED) is 0.107. The molecule has 0 radical (unpaired) electrons. The van der Waals surface area contributed by atoms with Gasteiger partial charge >= 0.3 is 12.1 Å². The summed E-state index contributed by atoms with van der Waals surface area (Å²) < 4.78 is 79.4. The number of halogens is 8. The number of nitrogens with one attached hydrogen (secondary N) is 1. The minimum absolute atomic E-state index is 0.0169. The second-order valence-corrected chi connectivity index (χ2v) is 15.9. The van der Waals surface area contributed by atoms with Gasteiger partial charge in [0.1, 0.15) is 18.0 Å². The van der Waals surface area contributed by atoms with E-state index in [0.29, 0.717) is 22.1 Å². The molecule has 0 spiro atoms. The van der Waals surface area contributed by atoms with Crippen LogP contribution in [0.5, 0.6) is 11.5 Å². The monoisotopic (exact) mass is 850 g/mol.